The van der Waals surface area contributed by atoms with Crippen LogP contribution in [0, 0.1) is 19.7 Å². The topological polar surface area (TPSA) is 259 Å². The minimum atomic E-state index is -0.309. The molecule has 8 aromatic rings. The molecule has 8 N–H and O–H groups in total. The van der Waals surface area contributed by atoms with Crippen molar-refractivity contribution in [3.05, 3.63) is 271 Å². The van der Waals surface area contributed by atoms with Crippen molar-refractivity contribution in [2.45, 2.75) is 297 Å². The Morgan fingerprint density at radius 2 is 0.684 bits per heavy atom. The van der Waals surface area contributed by atoms with E-state index < -0.39 is 0 Å². The first kappa shape index (κ1) is 103. The number of likely N-dealkylation sites (N-methyl/N-ethyl adjacent to an activating group) is 4. The van der Waals surface area contributed by atoms with Crippen molar-refractivity contribution < 1.29 is 47.2 Å². The van der Waals surface area contributed by atoms with Crippen LogP contribution in [-0.2, 0) is 90.0 Å². The third-order valence-corrected chi connectivity index (χ3v) is 29.4. The van der Waals surface area contributed by atoms with Crippen molar-refractivity contribution in [1.82, 2.24) is 62.1 Å². The van der Waals surface area contributed by atoms with Gasteiger partial charge in [0, 0.05) is 114 Å². The molecule has 24 heteroatoms. The molecule has 716 valence electrons. The van der Waals surface area contributed by atoms with Crippen LogP contribution in [0.5, 0.6) is 0 Å². The predicted octanol–water partition coefficient (Wildman–Crippen LogP) is 17.8. The summed E-state index contributed by atoms with van der Waals surface area (Å²) < 4.78 is 18.1. The molecule has 4 saturated carbocycles. The highest BCUT2D eigenvalue weighted by Gasteiger charge is 2.43. The number of fused-ring (bicyclic) bond motifs is 2. The Balaban J connectivity index is 0.000000171. The summed E-state index contributed by atoms with van der Waals surface area (Å²) >= 11 is 12.3. The van der Waals surface area contributed by atoms with Gasteiger partial charge in [-0.05, 0) is 329 Å². The van der Waals surface area contributed by atoms with E-state index in [1.165, 1.54) is 67.8 Å². The first-order chi connectivity index (χ1) is 63.8. The van der Waals surface area contributed by atoms with E-state index >= 15 is 0 Å². The number of nitrogens with zero attached hydrogens (tertiary/aromatic N) is 4. The smallest absolute Gasteiger partial charge is 0.220 e. The average Bonchev–Trinajstić information content (AvgIpc) is 1.70. The van der Waals surface area contributed by atoms with Crippen LogP contribution < -0.4 is 42.5 Å². The fourth-order valence-electron chi connectivity index (χ4n) is 20.5. The third-order valence-electron chi connectivity index (χ3n) is 29.0. The number of halogens is 3. The molecule has 0 spiro atoms. The lowest BCUT2D eigenvalue weighted by atomic mass is 9.74. The van der Waals surface area contributed by atoms with Crippen molar-refractivity contribution in [1.29, 1.82) is 0 Å². The van der Waals surface area contributed by atoms with Crippen LogP contribution >= 0.6 is 23.2 Å². The Morgan fingerprint density at radius 1 is 0.338 bits per heavy atom. The van der Waals surface area contributed by atoms with Gasteiger partial charge in [-0.15, -0.1) is 0 Å². The molecule has 0 radical (unpaired) electrons. The molecule has 7 aromatic carbocycles. The first-order valence-corrected chi connectivity index (χ1v) is 49.1. The summed E-state index contributed by atoms with van der Waals surface area (Å²) in [5.41, 5.74) is 14.1. The monoisotopic (exact) mass is 1860 g/mol. The SMILES string of the molecule is CN(C)C1(Cc2cccc(Cl)c2)CCC(NC(=O)CCC(=O)NCc2ccc(F)cc2)CC1.CN(C)C1(Cc2cccc(Cl)c2)CCC(NC(=O)CCC(=O)NCc2ccco2)CC1.Cc1ccc(CC2(N(C)C)CCC(NC(=O)CCC(=O)NC3CCCc4ccccc43)CC2)cc1.Cc1cccc(CC2(N(C)C)CCC(NC(=O)CCC(=O)NC3CCc4ccccc43)CC2)c1. The van der Waals surface area contributed by atoms with Crippen LogP contribution in [0.3, 0.4) is 0 Å². The zero-order valence-electron chi connectivity index (χ0n) is 80.2. The van der Waals surface area contributed by atoms with Crippen LogP contribution in [0.15, 0.2) is 193 Å². The average molecular weight is 1860 g/mol. The quantitative estimate of drug-likeness (QED) is 0.0187. The van der Waals surface area contributed by atoms with Gasteiger partial charge in [-0.25, -0.2) is 4.39 Å². The zero-order chi connectivity index (χ0) is 95.1. The van der Waals surface area contributed by atoms with Crippen molar-refractivity contribution in [2.75, 3.05) is 56.4 Å². The van der Waals surface area contributed by atoms with Gasteiger partial charge >= 0.3 is 0 Å². The van der Waals surface area contributed by atoms with E-state index in [4.69, 9.17) is 27.6 Å². The molecule has 133 heavy (non-hydrogen) atoms. The van der Waals surface area contributed by atoms with Gasteiger partial charge in [0.2, 0.25) is 47.3 Å². The molecule has 4 fully saturated rings. The van der Waals surface area contributed by atoms with Crippen LogP contribution in [-0.4, -0.2) is 170 Å². The normalized spacial score (nSPS) is 22.4. The highest BCUT2D eigenvalue weighted by Crippen LogP contribution is 2.41. The maximum atomic E-state index is 12.9. The first-order valence-electron chi connectivity index (χ1n) is 48.3. The van der Waals surface area contributed by atoms with Crippen molar-refractivity contribution in [3.63, 3.8) is 0 Å². The van der Waals surface area contributed by atoms with Crippen molar-refractivity contribution in [2.24, 2.45) is 0 Å². The predicted molar refractivity (Wildman–Crippen MR) is 529 cm³/mol. The Kier molecular flexibility index (Phi) is 39.3. The largest absolute Gasteiger partial charge is 0.467 e. The second kappa shape index (κ2) is 50.5. The Bertz CT molecular complexity index is 5070. The molecular formula is C109H145Cl2FN12O9. The molecule has 1 heterocycles. The Labute approximate surface area is 799 Å². The lowest BCUT2D eigenvalue weighted by molar-refractivity contribution is -0.127. The van der Waals surface area contributed by atoms with Gasteiger partial charge in [-0.1, -0.05) is 168 Å². The lowest BCUT2D eigenvalue weighted by Crippen LogP contribution is -2.52. The van der Waals surface area contributed by atoms with E-state index in [1.54, 1.807) is 30.5 Å². The molecule has 21 nitrogen and oxygen atoms in total. The summed E-state index contributed by atoms with van der Waals surface area (Å²) in [4.78, 5) is 108. The number of aryl methyl sites for hydroxylation is 4. The van der Waals surface area contributed by atoms with Gasteiger partial charge in [-0.2, -0.15) is 0 Å². The number of furan rings is 1. The second-order valence-corrected chi connectivity index (χ2v) is 40.0. The molecule has 2 unspecified atom stereocenters. The van der Waals surface area contributed by atoms with Gasteiger partial charge in [0.05, 0.1) is 24.9 Å². The number of nitrogens with one attached hydrogen (secondary N) is 8. The number of carbonyl (C=O) groups excluding carboxylic acids is 8. The molecule has 0 aliphatic heterocycles. The minimum Gasteiger partial charge on any atom is -0.467 e. The summed E-state index contributed by atoms with van der Waals surface area (Å²) in [5.74, 6) is -0.198. The number of rotatable bonds is 34. The van der Waals surface area contributed by atoms with E-state index in [2.05, 4.69) is 223 Å². The van der Waals surface area contributed by atoms with E-state index in [1.807, 2.05) is 54.6 Å². The summed E-state index contributed by atoms with van der Waals surface area (Å²) in [6.07, 6.45) is 28.0. The fraction of sp³-hybridized carbons (Fsp3) is 0.505. The Morgan fingerprint density at radius 3 is 1.07 bits per heavy atom. The second-order valence-electron chi connectivity index (χ2n) is 39.1. The van der Waals surface area contributed by atoms with Gasteiger partial charge in [-0.3, -0.25) is 38.4 Å². The maximum Gasteiger partial charge on any atom is 0.220 e. The molecular weight excluding hydrogens is 1710 g/mol. The molecule has 14 rings (SSSR count). The molecule has 0 bridgehead atoms. The standard InChI is InChI=1S/C30H41N3O2.C29H39N3O2.C26H33ClFN3O2.C24H32ClN3O3/c1-22-11-13-23(14-12-22)21-30(33(2)3)19-17-25(18-20-30)31-28(34)15-16-29(35)32-27-10-6-8-24-7-4-5-9-26(24)27;1-21-7-6-8-22(19-21)20-29(32(2)3)17-15-24(16-18-29)30-27(33)13-14-28(34)31-26-12-11-23-9-4-5-10-25(23)26;1-31(2)26(17-20-4-3-5-21(27)16-20)14-12-23(13-15-26)30-25(33)11-10-24(32)29-18-19-6-8-22(28)9-7-19;1-28(2)24(16-18-5-3-6-19(25)15-18)12-10-20(11-13-24)27-23(30)9-8-22(29)26-17-21-7-4-14-31-21/h4-5,7,9,11-14,25,27H,6,8,10,15-21H2,1-3H3,(H,31,34)(H,32,35);4-10,19,24,26H,11-18,20H2,1-3H3,(H,30,33)(H,31,34);3-9,16,23H,10-15,17-18H2,1-2H3,(H,29,32)(H,30,33);3-7,14-15,20H,8-13,16-17H2,1-2H3,(H,26,29)(H,27,30). The summed E-state index contributed by atoms with van der Waals surface area (Å²) in [5, 5.41) is 26.0. The van der Waals surface area contributed by atoms with Crippen LogP contribution in [0.25, 0.3) is 0 Å². The van der Waals surface area contributed by atoms with Crippen LogP contribution in [0.1, 0.15) is 252 Å². The van der Waals surface area contributed by atoms with E-state index in [-0.39, 0.29) is 163 Å². The summed E-state index contributed by atoms with van der Waals surface area (Å²) in [7, 11) is 17.2. The minimum absolute atomic E-state index is 0.00918. The number of hydrogen-bond acceptors (Lipinski definition) is 13. The third kappa shape index (κ3) is 32.0. The number of amides is 8. The zero-order valence-corrected chi connectivity index (χ0v) is 81.7. The van der Waals surface area contributed by atoms with E-state index in [9.17, 15) is 42.7 Å². The molecule has 0 saturated heterocycles. The van der Waals surface area contributed by atoms with Gasteiger partial charge in [0.1, 0.15) is 11.6 Å². The molecule has 6 aliphatic rings. The highest BCUT2D eigenvalue weighted by atomic mass is 35.5. The summed E-state index contributed by atoms with van der Waals surface area (Å²) in [6.45, 7) is 4.93. The van der Waals surface area contributed by atoms with Crippen molar-refractivity contribution in [3.8, 4) is 0 Å². The number of benzene rings is 7. The highest BCUT2D eigenvalue weighted by molar-refractivity contribution is 6.31. The molecule has 8 amide bonds. The van der Waals surface area contributed by atoms with Gasteiger partial charge < -0.3 is 66.6 Å². The Hall–Kier alpha value is -10.1. The molecule has 1 aromatic heterocycles. The van der Waals surface area contributed by atoms with Gasteiger partial charge in [0.25, 0.3) is 0 Å². The van der Waals surface area contributed by atoms with E-state index in [0.717, 1.165) is 176 Å². The van der Waals surface area contributed by atoms with Gasteiger partial charge in [0.15, 0.2) is 0 Å². The fourth-order valence-corrected chi connectivity index (χ4v) is 20.9. The van der Waals surface area contributed by atoms with Crippen LogP contribution in [0.2, 0.25) is 10.0 Å². The van der Waals surface area contributed by atoms with Crippen LogP contribution in [0.4, 0.5) is 4.39 Å². The number of hydrogen-bond donors (Lipinski definition) is 8. The maximum absolute atomic E-state index is 12.9. The van der Waals surface area contributed by atoms with E-state index in [0.29, 0.717) is 18.8 Å². The molecule has 2 atom stereocenters. The number of carbonyl (C=O) groups is 8. The lowest BCUT2D eigenvalue weighted by Gasteiger charge is -2.45. The molecule has 6 aliphatic carbocycles. The van der Waals surface area contributed by atoms with Crippen molar-refractivity contribution >= 4 is 70.5 Å². The summed E-state index contributed by atoms with van der Waals surface area (Å²) in [6, 6.07) is 60.8.